The molecule has 0 bridgehead atoms. The Labute approximate surface area is 124 Å². The molecule has 3 N–H and O–H groups in total. The van der Waals surface area contributed by atoms with Gasteiger partial charge in [-0.2, -0.15) is 0 Å². The van der Waals surface area contributed by atoms with Crippen molar-refractivity contribution in [2.45, 2.75) is 57.7 Å². The second kappa shape index (κ2) is 6.76. The fourth-order valence-corrected chi connectivity index (χ4v) is 2.60. The van der Waals surface area contributed by atoms with Gasteiger partial charge in [-0.3, -0.25) is 10.1 Å². The highest BCUT2D eigenvalue weighted by Gasteiger charge is 2.20. The normalized spacial score (nSPS) is 22.1. The van der Waals surface area contributed by atoms with Crippen LogP contribution in [0.5, 0.6) is 5.75 Å². The molecule has 1 saturated carbocycles. The lowest BCUT2D eigenvalue weighted by Crippen LogP contribution is -2.32. The molecule has 1 aliphatic carbocycles. The van der Waals surface area contributed by atoms with Crippen molar-refractivity contribution >= 4 is 11.4 Å². The second-order valence-corrected chi connectivity index (χ2v) is 5.86. The maximum absolute atomic E-state index is 11.0. The number of nitrogens with two attached hydrogens (primary N) is 1. The lowest BCUT2D eigenvalue weighted by molar-refractivity contribution is -0.386. The van der Waals surface area contributed by atoms with Crippen LogP contribution < -0.4 is 15.8 Å². The zero-order chi connectivity index (χ0) is 15.4. The van der Waals surface area contributed by atoms with Gasteiger partial charge < -0.3 is 15.8 Å². The molecule has 21 heavy (non-hydrogen) atoms. The molecule has 0 spiro atoms. The molecule has 6 heteroatoms. The number of nitro benzene ring substituents is 1. The van der Waals surface area contributed by atoms with Gasteiger partial charge >= 0.3 is 5.69 Å². The van der Waals surface area contributed by atoms with Crippen molar-refractivity contribution in [3.8, 4) is 5.75 Å². The van der Waals surface area contributed by atoms with Crippen LogP contribution in [0, 0.1) is 10.1 Å². The van der Waals surface area contributed by atoms with Crippen molar-refractivity contribution < 1.29 is 9.66 Å². The summed E-state index contributed by atoms with van der Waals surface area (Å²) in [5, 5.41) is 14.5. The van der Waals surface area contributed by atoms with Crippen LogP contribution in [0.1, 0.15) is 39.5 Å². The van der Waals surface area contributed by atoms with Crippen LogP contribution in [-0.4, -0.2) is 23.1 Å². The van der Waals surface area contributed by atoms with Gasteiger partial charge in [-0.1, -0.05) is 0 Å². The van der Waals surface area contributed by atoms with E-state index in [1.807, 2.05) is 13.8 Å². The Bertz CT molecular complexity index is 497. The minimum absolute atomic E-state index is 0.0000774. The monoisotopic (exact) mass is 293 g/mol. The van der Waals surface area contributed by atoms with Crippen LogP contribution in [-0.2, 0) is 0 Å². The van der Waals surface area contributed by atoms with Crippen LogP contribution in [0.3, 0.4) is 0 Å². The summed E-state index contributed by atoms with van der Waals surface area (Å²) in [6, 6.07) is 5.62. The molecule has 0 saturated heterocycles. The summed E-state index contributed by atoms with van der Waals surface area (Å²) < 4.78 is 5.55. The molecule has 0 aromatic heterocycles. The van der Waals surface area contributed by atoms with Gasteiger partial charge in [0.25, 0.3) is 0 Å². The smallest absolute Gasteiger partial charge is 0.311 e. The summed E-state index contributed by atoms with van der Waals surface area (Å²) >= 11 is 0. The van der Waals surface area contributed by atoms with Gasteiger partial charge in [0.2, 0.25) is 0 Å². The number of hydrogen-bond acceptors (Lipinski definition) is 5. The van der Waals surface area contributed by atoms with E-state index in [0.717, 1.165) is 31.4 Å². The van der Waals surface area contributed by atoms with Crippen LogP contribution in [0.25, 0.3) is 0 Å². The van der Waals surface area contributed by atoms with Crippen molar-refractivity contribution in [2.24, 2.45) is 5.73 Å². The predicted molar refractivity (Wildman–Crippen MR) is 82.7 cm³/mol. The number of nitrogens with zero attached hydrogens (tertiary/aromatic N) is 1. The molecule has 1 aromatic rings. The third kappa shape index (κ3) is 4.32. The van der Waals surface area contributed by atoms with Crippen LogP contribution in [0.2, 0.25) is 0 Å². The second-order valence-electron chi connectivity index (χ2n) is 5.86. The fraction of sp³-hybridized carbons (Fsp3) is 0.600. The molecule has 116 valence electrons. The van der Waals surface area contributed by atoms with E-state index >= 15 is 0 Å². The van der Waals surface area contributed by atoms with E-state index < -0.39 is 4.92 Å². The topological polar surface area (TPSA) is 90.4 Å². The lowest BCUT2D eigenvalue weighted by atomic mass is 9.91. The summed E-state index contributed by atoms with van der Waals surface area (Å²) in [5.74, 6) is 0.313. The van der Waals surface area contributed by atoms with E-state index in [-0.39, 0.29) is 11.8 Å². The minimum atomic E-state index is -0.416. The van der Waals surface area contributed by atoms with Gasteiger partial charge in [0.15, 0.2) is 5.75 Å². The Morgan fingerprint density at radius 1 is 1.33 bits per heavy atom. The largest absolute Gasteiger partial charge is 0.484 e. The quantitative estimate of drug-likeness (QED) is 0.643. The molecule has 0 heterocycles. The van der Waals surface area contributed by atoms with E-state index in [1.165, 1.54) is 6.07 Å². The first-order valence-electron chi connectivity index (χ1n) is 7.43. The highest BCUT2D eigenvalue weighted by Crippen LogP contribution is 2.32. The van der Waals surface area contributed by atoms with Gasteiger partial charge in [0.1, 0.15) is 0 Å². The average Bonchev–Trinajstić information content (AvgIpc) is 2.40. The summed E-state index contributed by atoms with van der Waals surface area (Å²) in [5.41, 5.74) is 6.76. The predicted octanol–water partition coefficient (Wildman–Crippen LogP) is 3.06. The number of rotatable bonds is 5. The van der Waals surface area contributed by atoms with E-state index in [9.17, 15) is 10.1 Å². The molecule has 1 aromatic carbocycles. The number of ether oxygens (including phenoxy) is 1. The Balaban J connectivity index is 2.11. The number of anilines is 1. The number of benzene rings is 1. The summed E-state index contributed by atoms with van der Waals surface area (Å²) in [6.07, 6.45) is 3.98. The Morgan fingerprint density at radius 2 is 2.00 bits per heavy atom. The Morgan fingerprint density at radius 3 is 2.57 bits per heavy atom. The molecule has 2 rings (SSSR count). The van der Waals surface area contributed by atoms with Gasteiger partial charge in [-0.15, -0.1) is 0 Å². The van der Waals surface area contributed by atoms with Crippen molar-refractivity contribution in [3.05, 3.63) is 28.3 Å². The number of nitrogens with one attached hydrogen (secondary N) is 1. The molecule has 0 radical (unpaired) electrons. The minimum Gasteiger partial charge on any atom is -0.484 e. The third-order valence-corrected chi connectivity index (χ3v) is 3.66. The average molecular weight is 293 g/mol. The molecule has 1 fully saturated rings. The van der Waals surface area contributed by atoms with Crippen molar-refractivity contribution in [1.29, 1.82) is 0 Å². The first-order valence-corrected chi connectivity index (χ1v) is 7.43. The first kappa shape index (κ1) is 15.6. The van der Waals surface area contributed by atoms with Gasteiger partial charge in [0, 0.05) is 29.9 Å². The summed E-state index contributed by atoms with van der Waals surface area (Å²) in [7, 11) is 0. The fourth-order valence-electron chi connectivity index (χ4n) is 2.60. The number of hydrogen-bond donors (Lipinski definition) is 2. The first-order chi connectivity index (χ1) is 9.95. The van der Waals surface area contributed by atoms with Crippen molar-refractivity contribution in [2.75, 3.05) is 5.32 Å². The highest BCUT2D eigenvalue weighted by atomic mass is 16.6. The highest BCUT2D eigenvalue weighted by molar-refractivity contribution is 5.58. The molecular formula is C15H23N3O3. The van der Waals surface area contributed by atoms with Crippen molar-refractivity contribution in [3.63, 3.8) is 0 Å². The van der Waals surface area contributed by atoms with Gasteiger partial charge in [0.05, 0.1) is 11.0 Å². The molecule has 0 unspecified atom stereocenters. The van der Waals surface area contributed by atoms with E-state index in [0.29, 0.717) is 17.8 Å². The zero-order valence-electron chi connectivity index (χ0n) is 12.5. The summed E-state index contributed by atoms with van der Waals surface area (Å²) in [4.78, 5) is 10.6. The molecule has 1 aliphatic rings. The molecule has 0 aliphatic heterocycles. The van der Waals surface area contributed by atoms with Crippen LogP contribution >= 0.6 is 0 Å². The van der Waals surface area contributed by atoms with Crippen LogP contribution in [0.4, 0.5) is 11.4 Å². The Hall–Kier alpha value is -1.82. The maximum atomic E-state index is 11.0. The van der Waals surface area contributed by atoms with E-state index in [4.69, 9.17) is 10.5 Å². The van der Waals surface area contributed by atoms with Crippen LogP contribution in [0.15, 0.2) is 18.2 Å². The third-order valence-electron chi connectivity index (χ3n) is 3.66. The van der Waals surface area contributed by atoms with Gasteiger partial charge in [-0.25, -0.2) is 0 Å². The molecular weight excluding hydrogens is 270 g/mol. The summed E-state index contributed by atoms with van der Waals surface area (Å²) in [6.45, 7) is 3.71. The molecule has 6 nitrogen and oxygen atoms in total. The van der Waals surface area contributed by atoms with E-state index in [1.54, 1.807) is 12.1 Å². The molecule has 0 amide bonds. The number of nitro groups is 1. The van der Waals surface area contributed by atoms with Gasteiger partial charge in [-0.05, 0) is 45.6 Å². The standard InChI is InChI=1S/C15H23N3O3/c1-10(2)21-15-9-13(7-8-14(15)18(19)20)17-12-5-3-11(16)4-6-12/h7-12,17H,3-6,16H2,1-2H3. The lowest BCUT2D eigenvalue weighted by Gasteiger charge is -2.27. The Kier molecular flexibility index (Phi) is 5.01. The van der Waals surface area contributed by atoms with E-state index in [2.05, 4.69) is 5.32 Å². The zero-order valence-corrected chi connectivity index (χ0v) is 12.5. The maximum Gasteiger partial charge on any atom is 0.311 e. The van der Waals surface area contributed by atoms with Crippen molar-refractivity contribution in [1.82, 2.24) is 0 Å². The molecule has 0 atom stereocenters. The SMILES string of the molecule is CC(C)Oc1cc(NC2CCC(N)CC2)ccc1[N+](=O)[O-].